The standard InChI is InChI=1S/C11H26N2O4/c1-9(15)6-13(7-10(2)16)4-3-12-5-11(17)8-14/h9-12,14-17H,3-8H2,1-2H3. The molecular weight excluding hydrogens is 224 g/mol. The highest BCUT2D eigenvalue weighted by atomic mass is 16.3. The van der Waals surface area contributed by atoms with Gasteiger partial charge in [0.15, 0.2) is 0 Å². The minimum atomic E-state index is -0.739. The third-order valence-electron chi connectivity index (χ3n) is 2.24. The van der Waals surface area contributed by atoms with Gasteiger partial charge in [-0.1, -0.05) is 0 Å². The topological polar surface area (TPSA) is 96.2 Å². The van der Waals surface area contributed by atoms with Crippen molar-refractivity contribution in [3.8, 4) is 0 Å². The Hall–Kier alpha value is -0.240. The van der Waals surface area contributed by atoms with Crippen molar-refractivity contribution in [1.82, 2.24) is 10.2 Å². The molecule has 17 heavy (non-hydrogen) atoms. The maximum absolute atomic E-state index is 9.30. The van der Waals surface area contributed by atoms with Crippen molar-refractivity contribution in [3.63, 3.8) is 0 Å². The van der Waals surface area contributed by atoms with Gasteiger partial charge in [-0.2, -0.15) is 0 Å². The van der Waals surface area contributed by atoms with Crippen molar-refractivity contribution in [2.24, 2.45) is 0 Å². The Morgan fingerprint density at radius 1 is 1.06 bits per heavy atom. The van der Waals surface area contributed by atoms with Crippen LogP contribution in [0.4, 0.5) is 0 Å². The van der Waals surface area contributed by atoms with Crippen LogP contribution in [-0.4, -0.2) is 83.0 Å². The number of aliphatic hydroxyl groups excluding tert-OH is 4. The van der Waals surface area contributed by atoms with Crippen LogP contribution in [0.2, 0.25) is 0 Å². The van der Waals surface area contributed by atoms with Crippen LogP contribution in [0.3, 0.4) is 0 Å². The van der Waals surface area contributed by atoms with E-state index in [-0.39, 0.29) is 6.61 Å². The summed E-state index contributed by atoms with van der Waals surface area (Å²) in [4.78, 5) is 1.95. The number of rotatable bonds is 10. The Morgan fingerprint density at radius 3 is 2.00 bits per heavy atom. The summed E-state index contributed by atoms with van der Waals surface area (Å²) in [5.41, 5.74) is 0. The van der Waals surface area contributed by atoms with Gasteiger partial charge in [0, 0.05) is 32.7 Å². The molecule has 104 valence electrons. The minimum absolute atomic E-state index is 0.252. The van der Waals surface area contributed by atoms with Gasteiger partial charge in [-0.15, -0.1) is 0 Å². The fourth-order valence-corrected chi connectivity index (χ4v) is 1.57. The molecule has 0 aromatic rings. The van der Waals surface area contributed by atoms with Crippen molar-refractivity contribution < 1.29 is 20.4 Å². The van der Waals surface area contributed by atoms with Gasteiger partial charge in [0.1, 0.15) is 0 Å². The minimum Gasteiger partial charge on any atom is -0.394 e. The summed E-state index contributed by atoms with van der Waals surface area (Å²) >= 11 is 0. The Labute approximate surface area is 103 Å². The lowest BCUT2D eigenvalue weighted by Gasteiger charge is -2.25. The molecule has 3 unspecified atom stereocenters. The van der Waals surface area contributed by atoms with Crippen LogP contribution in [0.15, 0.2) is 0 Å². The second kappa shape index (κ2) is 9.76. The Bertz CT molecular complexity index is 169. The zero-order valence-electron chi connectivity index (χ0n) is 10.7. The van der Waals surface area contributed by atoms with E-state index in [0.29, 0.717) is 32.7 Å². The van der Waals surface area contributed by atoms with E-state index in [4.69, 9.17) is 10.2 Å². The highest BCUT2D eigenvalue weighted by molar-refractivity contribution is 4.66. The van der Waals surface area contributed by atoms with Crippen LogP contribution < -0.4 is 5.32 Å². The van der Waals surface area contributed by atoms with Gasteiger partial charge >= 0.3 is 0 Å². The molecule has 6 nitrogen and oxygen atoms in total. The van der Waals surface area contributed by atoms with Crippen molar-refractivity contribution >= 4 is 0 Å². The van der Waals surface area contributed by atoms with Gasteiger partial charge in [-0.3, -0.25) is 4.90 Å². The molecule has 3 atom stereocenters. The van der Waals surface area contributed by atoms with E-state index in [1.165, 1.54) is 0 Å². The van der Waals surface area contributed by atoms with Crippen LogP contribution in [0.5, 0.6) is 0 Å². The largest absolute Gasteiger partial charge is 0.394 e. The number of nitrogens with one attached hydrogen (secondary N) is 1. The van der Waals surface area contributed by atoms with Crippen molar-refractivity contribution in [2.45, 2.75) is 32.2 Å². The lowest BCUT2D eigenvalue weighted by Crippen LogP contribution is -2.41. The summed E-state index contributed by atoms with van der Waals surface area (Å²) in [6.45, 7) is 5.83. The molecule has 5 N–H and O–H groups in total. The van der Waals surface area contributed by atoms with Crippen LogP contribution in [0.25, 0.3) is 0 Å². The first-order chi connectivity index (χ1) is 7.95. The number of hydrogen-bond acceptors (Lipinski definition) is 6. The highest BCUT2D eigenvalue weighted by Gasteiger charge is 2.10. The van der Waals surface area contributed by atoms with E-state index < -0.39 is 18.3 Å². The molecule has 0 amide bonds. The normalized spacial score (nSPS) is 17.1. The molecule has 0 aliphatic carbocycles. The second-order valence-corrected chi connectivity index (χ2v) is 4.50. The van der Waals surface area contributed by atoms with E-state index >= 15 is 0 Å². The van der Waals surface area contributed by atoms with Gasteiger partial charge in [-0.25, -0.2) is 0 Å². The van der Waals surface area contributed by atoms with E-state index in [2.05, 4.69) is 5.32 Å². The summed E-state index contributed by atoms with van der Waals surface area (Å²) in [6, 6.07) is 0. The number of nitrogens with zero attached hydrogens (tertiary/aromatic N) is 1. The van der Waals surface area contributed by atoms with Gasteiger partial charge in [0.2, 0.25) is 0 Å². The van der Waals surface area contributed by atoms with Crippen LogP contribution in [0, 0.1) is 0 Å². The first kappa shape index (κ1) is 16.8. The van der Waals surface area contributed by atoms with Crippen LogP contribution in [0.1, 0.15) is 13.8 Å². The summed E-state index contributed by atoms with van der Waals surface area (Å²) in [5.74, 6) is 0. The predicted octanol–water partition coefficient (Wildman–Crippen LogP) is -2.01. The smallest absolute Gasteiger partial charge is 0.0894 e. The highest BCUT2D eigenvalue weighted by Crippen LogP contribution is 1.94. The molecule has 0 rings (SSSR count). The molecule has 6 heteroatoms. The molecule has 0 radical (unpaired) electrons. The lowest BCUT2D eigenvalue weighted by atomic mass is 10.3. The van der Waals surface area contributed by atoms with Gasteiger partial charge in [-0.05, 0) is 13.8 Å². The van der Waals surface area contributed by atoms with Crippen LogP contribution >= 0.6 is 0 Å². The molecule has 0 bridgehead atoms. The Morgan fingerprint density at radius 2 is 1.59 bits per heavy atom. The molecular formula is C11H26N2O4. The molecule has 0 aliphatic rings. The zero-order chi connectivity index (χ0) is 13.3. The van der Waals surface area contributed by atoms with Crippen LogP contribution in [-0.2, 0) is 0 Å². The number of aliphatic hydroxyl groups is 4. The van der Waals surface area contributed by atoms with Gasteiger partial charge in [0.25, 0.3) is 0 Å². The molecule has 0 spiro atoms. The monoisotopic (exact) mass is 250 g/mol. The maximum Gasteiger partial charge on any atom is 0.0894 e. The summed E-state index contributed by atoms with van der Waals surface area (Å²) in [7, 11) is 0. The maximum atomic E-state index is 9.30. The van der Waals surface area contributed by atoms with Crippen molar-refractivity contribution in [2.75, 3.05) is 39.3 Å². The molecule has 0 aromatic heterocycles. The molecule has 0 heterocycles. The van der Waals surface area contributed by atoms with E-state index in [1.54, 1.807) is 13.8 Å². The first-order valence-corrected chi connectivity index (χ1v) is 6.03. The summed E-state index contributed by atoms with van der Waals surface area (Å²) < 4.78 is 0. The third-order valence-corrected chi connectivity index (χ3v) is 2.24. The average molecular weight is 250 g/mol. The van der Waals surface area contributed by atoms with E-state index in [9.17, 15) is 10.2 Å². The fraction of sp³-hybridized carbons (Fsp3) is 1.00. The SMILES string of the molecule is CC(O)CN(CCNCC(O)CO)CC(C)O. The summed E-state index contributed by atoms with van der Waals surface area (Å²) in [5, 5.41) is 39.3. The lowest BCUT2D eigenvalue weighted by molar-refractivity contribution is 0.0789. The fourth-order valence-electron chi connectivity index (χ4n) is 1.57. The Kier molecular flexibility index (Phi) is 9.62. The van der Waals surface area contributed by atoms with Gasteiger partial charge < -0.3 is 25.7 Å². The van der Waals surface area contributed by atoms with E-state index in [1.807, 2.05) is 4.90 Å². The predicted molar refractivity (Wildman–Crippen MR) is 65.8 cm³/mol. The Balaban J connectivity index is 3.75. The van der Waals surface area contributed by atoms with Gasteiger partial charge in [0.05, 0.1) is 24.9 Å². The average Bonchev–Trinajstić information content (AvgIpc) is 2.22. The quantitative estimate of drug-likeness (QED) is 0.288. The van der Waals surface area contributed by atoms with Crippen molar-refractivity contribution in [1.29, 1.82) is 0 Å². The second-order valence-electron chi connectivity index (χ2n) is 4.50. The molecule has 0 aromatic carbocycles. The third kappa shape index (κ3) is 10.6. The number of hydrogen-bond donors (Lipinski definition) is 5. The zero-order valence-corrected chi connectivity index (χ0v) is 10.7. The first-order valence-electron chi connectivity index (χ1n) is 6.03. The van der Waals surface area contributed by atoms with E-state index in [0.717, 1.165) is 0 Å². The molecule has 0 saturated carbocycles. The molecule has 0 fully saturated rings. The summed E-state index contributed by atoms with van der Waals surface area (Å²) in [6.07, 6.45) is -1.61. The molecule has 0 saturated heterocycles. The van der Waals surface area contributed by atoms with Crippen molar-refractivity contribution in [3.05, 3.63) is 0 Å². The molecule has 0 aliphatic heterocycles.